The third-order valence-electron chi connectivity index (χ3n) is 6.10. The summed E-state index contributed by atoms with van der Waals surface area (Å²) in [4.78, 5) is 0. The molecular weight excluding hydrogens is 352 g/mol. The highest BCUT2D eigenvalue weighted by Gasteiger charge is 2.48. The van der Waals surface area contributed by atoms with Gasteiger partial charge in [-0.3, -0.25) is 0 Å². The number of aliphatic hydroxyl groups is 4. The van der Waals surface area contributed by atoms with E-state index < -0.39 is 37.3 Å². The van der Waals surface area contributed by atoms with Gasteiger partial charge in [-0.05, 0) is 18.4 Å². The monoisotopic (exact) mass is 380 g/mol. The summed E-state index contributed by atoms with van der Waals surface area (Å²) in [5.41, 5.74) is 1.09. The van der Waals surface area contributed by atoms with E-state index in [1.54, 1.807) is 0 Å². The van der Waals surface area contributed by atoms with Crippen LogP contribution in [0.5, 0.6) is 0 Å². The smallest absolute Gasteiger partial charge is 0.186 e. The van der Waals surface area contributed by atoms with Crippen molar-refractivity contribution in [2.24, 2.45) is 5.92 Å². The molecule has 3 aliphatic rings. The minimum Gasteiger partial charge on any atom is -0.394 e. The molecule has 1 aromatic carbocycles. The number of fused-ring (bicyclic) bond motifs is 1. The summed E-state index contributed by atoms with van der Waals surface area (Å²) in [6, 6.07) is 9.99. The first-order valence-electron chi connectivity index (χ1n) is 9.75. The molecule has 1 aromatic rings. The zero-order valence-electron chi connectivity index (χ0n) is 15.1. The van der Waals surface area contributed by atoms with E-state index in [1.807, 2.05) is 30.3 Å². The second kappa shape index (κ2) is 8.13. The van der Waals surface area contributed by atoms with Crippen LogP contribution in [0.15, 0.2) is 30.3 Å². The molecule has 7 heteroatoms. The molecule has 0 unspecified atom stereocenters. The molecule has 150 valence electrons. The lowest BCUT2D eigenvalue weighted by molar-refractivity contribution is -0.323. The van der Waals surface area contributed by atoms with E-state index >= 15 is 0 Å². The maximum absolute atomic E-state index is 10.3. The maximum Gasteiger partial charge on any atom is 0.186 e. The molecule has 7 nitrogen and oxygen atoms in total. The van der Waals surface area contributed by atoms with Crippen LogP contribution in [-0.4, -0.2) is 69.9 Å². The second-order valence-electron chi connectivity index (χ2n) is 7.78. The molecule has 2 saturated heterocycles. The zero-order valence-corrected chi connectivity index (χ0v) is 15.1. The predicted octanol–water partition coefficient (Wildman–Crippen LogP) is 0.502. The van der Waals surface area contributed by atoms with Crippen molar-refractivity contribution in [1.82, 2.24) is 0 Å². The topological polar surface area (TPSA) is 109 Å². The van der Waals surface area contributed by atoms with Gasteiger partial charge in [-0.1, -0.05) is 36.8 Å². The van der Waals surface area contributed by atoms with Crippen LogP contribution in [0.4, 0.5) is 0 Å². The minimum atomic E-state index is -1.43. The molecule has 2 heterocycles. The van der Waals surface area contributed by atoms with Crippen molar-refractivity contribution in [2.75, 3.05) is 6.61 Å². The summed E-state index contributed by atoms with van der Waals surface area (Å²) < 4.78 is 18.0. The van der Waals surface area contributed by atoms with Gasteiger partial charge in [0.15, 0.2) is 6.29 Å². The Balaban J connectivity index is 1.50. The minimum absolute atomic E-state index is 0.0962. The average Bonchev–Trinajstić information content (AvgIpc) is 3.18. The molecule has 4 N–H and O–H groups in total. The van der Waals surface area contributed by atoms with E-state index in [9.17, 15) is 20.4 Å². The fourth-order valence-electron chi connectivity index (χ4n) is 4.59. The Labute approximate surface area is 158 Å². The summed E-state index contributed by atoms with van der Waals surface area (Å²) in [5, 5.41) is 39.7. The van der Waals surface area contributed by atoms with Gasteiger partial charge >= 0.3 is 0 Å². The summed E-state index contributed by atoms with van der Waals surface area (Å²) in [7, 11) is 0. The molecule has 1 aliphatic carbocycles. The fourth-order valence-corrected chi connectivity index (χ4v) is 4.59. The molecule has 1 saturated carbocycles. The van der Waals surface area contributed by atoms with Crippen LogP contribution in [0.3, 0.4) is 0 Å². The Kier molecular flexibility index (Phi) is 5.80. The van der Waals surface area contributed by atoms with Gasteiger partial charge in [0.2, 0.25) is 0 Å². The Morgan fingerprint density at radius 3 is 2.48 bits per heavy atom. The normalized spacial score (nSPS) is 44.8. The van der Waals surface area contributed by atoms with E-state index in [2.05, 4.69) is 0 Å². The van der Waals surface area contributed by atoms with Gasteiger partial charge in [0.05, 0.1) is 24.9 Å². The Bertz CT molecular complexity index is 610. The van der Waals surface area contributed by atoms with Crippen LogP contribution in [-0.2, 0) is 14.2 Å². The Hall–Kier alpha value is -1.06. The summed E-state index contributed by atoms with van der Waals surface area (Å²) in [6.45, 7) is -0.461. The second-order valence-corrected chi connectivity index (χ2v) is 7.78. The quantitative estimate of drug-likeness (QED) is 0.602. The molecule has 2 aliphatic heterocycles. The third kappa shape index (κ3) is 3.78. The Morgan fingerprint density at radius 1 is 0.963 bits per heavy atom. The van der Waals surface area contributed by atoms with Gasteiger partial charge in [-0.2, -0.15) is 0 Å². The number of aliphatic hydroxyl groups excluding tert-OH is 4. The standard InChI is InChI=1S/C20H28O7/c21-10-16-17(22)18(23)19(24)20(27-16)26-15-9-14(11-5-2-1-3-6-11)25-13-8-4-7-12(13)15/h1-3,5-6,12-24H,4,7-10H2/t12-,13-,14-,15-,16+,17-,18-,19+,20+/m1/s1. The fraction of sp³-hybridized carbons (Fsp3) is 0.700. The van der Waals surface area contributed by atoms with Gasteiger partial charge in [-0.15, -0.1) is 0 Å². The third-order valence-corrected chi connectivity index (χ3v) is 6.10. The highest BCUT2D eigenvalue weighted by Crippen LogP contribution is 2.44. The lowest BCUT2D eigenvalue weighted by Gasteiger charge is -2.44. The van der Waals surface area contributed by atoms with Crippen LogP contribution >= 0.6 is 0 Å². The van der Waals surface area contributed by atoms with Crippen molar-refractivity contribution in [3.8, 4) is 0 Å². The molecule has 27 heavy (non-hydrogen) atoms. The molecule has 0 spiro atoms. The van der Waals surface area contributed by atoms with Crippen molar-refractivity contribution < 1.29 is 34.6 Å². The van der Waals surface area contributed by atoms with Crippen LogP contribution in [0.2, 0.25) is 0 Å². The van der Waals surface area contributed by atoms with Gasteiger partial charge in [0.25, 0.3) is 0 Å². The van der Waals surface area contributed by atoms with Gasteiger partial charge in [-0.25, -0.2) is 0 Å². The average molecular weight is 380 g/mol. The first-order chi connectivity index (χ1) is 13.1. The molecule has 4 rings (SSSR count). The van der Waals surface area contributed by atoms with Crippen molar-refractivity contribution in [2.45, 2.75) is 74.7 Å². The first-order valence-corrected chi connectivity index (χ1v) is 9.75. The van der Waals surface area contributed by atoms with E-state index in [0.717, 1.165) is 24.8 Å². The van der Waals surface area contributed by atoms with Crippen molar-refractivity contribution in [3.63, 3.8) is 0 Å². The van der Waals surface area contributed by atoms with Crippen LogP contribution in [0.25, 0.3) is 0 Å². The predicted molar refractivity (Wildman–Crippen MR) is 94.7 cm³/mol. The Morgan fingerprint density at radius 2 is 1.74 bits per heavy atom. The molecule has 0 bridgehead atoms. The van der Waals surface area contributed by atoms with Gasteiger partial charge < -0.3 is 34.6 Å². The number of ether oxygens (including phenoxy) is 3. The maximum atomic E-state index is 10.3. The van der Waals surface area contributed by atoms with Crippen LogP contribution in [0, 0.1) is 5.92 Å². The van der Waals surface area contributed by atoms with Crippen molar-refractivity contribution >= 4 is 0 Å². The highest BCUT2D eigenvalue weighted by atomic mass is 16.7. The molecular formula is C20H28O7. The van der Waals surface area contributed by atoms with Crippen molar-refractivity contribution in [1.29, 1.82) is 0 Å². The zero-order chi connectivity index (χ0) is 19.0. The largest absolute Gasteiger partial charge is 0.394 e. The van der Waals surface area contributed by atoms with Crippen LogP contribution < -0.4 is 0 Å². The molecule has 3 fully saturated rings. The summed E-state index contributed by atoms with van der Waals surface area (Å²) in [6.07, 6.45) is -2.79. The molecule has 9 atom stereocenters. The van der Waals surface area contributed by atoms with E-state index in [1.165, 1.54) is 0 Å². The van der Waals surface area contributed by atoms with E-state index in [-0.39, 0.29) is 24.2 Å². The SMILES string of the molecule is OC[C@@H]1O[C@H](O[C@@H]2C[C@H](c3ccccc3)O[C@@H]3CCC[C@@H]23)[C@@H](O)[C@H](O)[C@@H]1O. The summed E-state index contributed by atoms with van der Waals surface area (Å²) >= 11 is 0. The number of rotatable bonds is 4. The van der Waals surface area contributed by atoms with Gasteiger partial charge in [0.1, 0.15) is 24.4 Å². The highest BCUT2D eigenvalue weighted by molar-refractivity contribution is 5.18. The first kappa shape index (κ1) is 19.3. The number of hydrogen-bond donors (Lipinski definition) is 4. The van der Waals surface area contributed by atoms with E-state index in [4.69, 9.17) is 14.2 Å². The van der Waals surface area contributed by atoms with Crippen LogP contribution in [0.1, 0.15) is 37.4 Å². The van der Waals surface area contributed by atoms with E-state index in [0.29, 0.717) is 6.42 Å². The molecule has 0 aromatic heterocycles. The lowest BCUT2D eigenvalue weighted by Crippen LogP contribution is -2.60. The van der Waals surface area contributed by atoms with Gasteiger partial charge in [0, 0.05) is 12.3 Å². The number of hydrogen-bond acceptors (Lipinski definition) is 7. The molecule has 0 amide bonds. The lowest BCUT2D eigenvalue weighted by atomic mass is 9.88. The molecule has 0 radical (unpaired) electrons. The van der Waals surface area contributed by atoms with Crippen molar-refractivity contribution in [3.05, 3.63) is 35.9 Å². The summed E-state index contributed by atoms with van der Waals surface area (Å²) in [5.74, 6) is 0.206. The number of benzene rings is 1.